The number of carboxylic acids is 2. The van der Waals surface area contributed by atoms with Gasteiger partial charge in [-0.15, -0.1) is 0 Å². The summed E-state index contributed by atoms with van der Waals surface area (Å²) in [6, 6.07) is 6.43. The Labute approximate surface area is 99.2 Å². The van der Waals surface area contributed by atoms with Gasteiger partial charge in [0.2, 0.25) is 0 Å². The molecule has 0 aliphatic carbocycles. The highest BCUT2D eigenvalue weighted by atomic mass is 16.4. The SMILES string of the molecule is CCC/C(=C\C(=O)O)c1ccccc1C(=O)O. The van der Waals surface area contributed by atoms with Gasteiger partial charge in [-0.25, -0.2) is 9.59 Å². The molecule has 0 saturated heterocycles. The van der Waals surface area contributed by atoms with E-state index in [-0.39, 0.29) is 5.56 Å². The number of carbonyl (C=O) groups is 2. The quantitative estimate of drug-likeness (QED) is 0.768. The van der Waals surface area contributed by atoms with Crippen molar-refractivity contribution in [2.75, 3.05) is 0 Å². The van der Waals surface area contributed by atoms with Gasteiger partial charge in [0, 0.05) is 6.08 Å². The predicted octanol–water partition coefficient (Wildman–Crippen LogP) is 2.65. The number of hydrogen-bond acceptors (Lipinski definition) is 2. The highest BCUT2D eigenvalue weighted by molar-refractivity contribution is 5.97. The average molecular weight is 234 g/mol. The summed E-state index contributed by atoms with van der Waals surface area (Å²) >= 11 is 0. The number of aromatic carboxylic acids is 1. The van der Waals surface area contributed by atoms with Gasteiger partial charge >= 0.3 is 11.9 Å². The molecule has 0 fully saturated rings. The van der Waals surface area contributed by atoms with E-state index >= 15 is 0 Å². The van der Waals surface area contributed by atoms with E-state index in [4.69, 9.17) is 10.2 Å². The van der Waals surface area contributed by atoms with Gasteiger partial charge in [-0.05, 0) is 23.6 Å². The number of rotatable bonds is 5. The topological polar surface area (TPSA) is 74.6 Å². The van der Waals surface area contributed by atoms with Crippen LogP contribution < -0.4 is 0 Å². The number of hydrogen-bond donors (Lipinski definition) is 2. The first-order valence-electron chi connectivity index (χ1n) is 5.32. The summed E-state index contributed by atoms with van der Waals surface area (Å²) in [7, 11) is 0. The normalized spacial score (nSPS) is 11.2. The maximum Gasteiger partial charge on any atom is 0.336 e. The second kappa shape index (κ2) is 5.84. The van der Waals surface area contributed by atoms with Gasteiger partial charge in [-0.2, -0.15) is 0 Å². The molecule has 0 aliphatic rings. The zero-order valence-corrected chi connectivity index (χ0v) is 9.51. The summed E-state index contributed by atoms with van der Waals surface area (Å²) < 4.78 is 0. The summed E-state index contributed by atoms with van der Waals surface area (Å²) in [6.07, 6.45) is 2.37. The molecule has 0 bridgehead atoms. The number of aliphatic carboxylic acids is 1. The van der Waals surface area contributed by atoms with E-state index in [1.807, 2.05) is 6.92 Å². The Hall–Kier alpha value is -2.10. The molecule has 2 N–H and O–H groups in total. The summed E-state index contributed by atoms with van der Waals surface area (Å²) in [5.41, 5.74) is 1.15. The van der Waals surface area contributed by atoms with Gasteiger partial charge in [0.25, 0.3) is 0 Å². The molecule has 1 aromatic carbocycles. The van der Waals surface area contributed by atoms with E-state index in [1.165, 1.54) is 6.07 Å². The van der Waals surface area contributed by atoms with Crippen molar-refractivity contribution in [3.05, 3.63) is 41.5 Å². The standard InChI is InChI=1S/C13H14O4/c1-2-5-9(8-12(14)15)10-6-3-4-7-11(10)13(16)17/h3-4,6-8H,2,5H2,1H3,(H,14,15)(H,16,17)/b9-8+. The zero-order valence-electron chi connectivity index (χ0n) is 9.51. The van der Waals surface area contributed by atoms with E-state index in [9.17, 15) is 9.59 Å². The summed E-state index contributed by atoms with van der Waals surface area (Å²) in [5.74, 6) is -2.11. The molecule has 90 valence electrons. The van der Waals surface area contributed by atoms with Crippen molar-refractivity contribution in [2.45, 2.75) is 19.8 Å². The molecule has 1 rings (SSSR count). The zero-order chi connectivity index (χ0) is 12.8. The molecule has 0 spiro atoms. The second-order valence-corrected chi connectivity index (χ2v) is 3.61. The maximum absolute atomic E-state index is 11.0. The van der Waals surface area contributed by atoms with E-state index in [2.05, 4.69) is 0 Å². The average Bonchev–Trinajstić information content (AvgIpc) is 2.28. The van der Waals surface area contributed by atoms with Crippen LogP contribution in [-0.4, -0.2) is 22.2 Å². The Morgan fingerprint density at radius 1 is 1.18 bits per heavy atom. The third-order valence-corrected chi connectivity index (χ3v) is 2.32. The molecule has 0 aromatic heterocycles. The minimum Gasteiger partial charge on any atom is -0.478 e. The Bertz CT molecular complexity index is 460. The van der Waals surface area contributed by atoms with Crippen LogP contribution in [0.4, 0.5) is 0 Å². The largest absolute Gasteiger partial charge is 0.478 e. The molecule has 0 unspecified atom stereocenters. The highest BCUT2D eigenvalue weighted by Crippen LogP contribution is 2.23. The van der Waals surface area contributed by atoms with Crippen LogP contribution >= 0.6 is 0 Å². The highest BCUT2D eigenvalue weighted by Gasteiger charge is 2.13. The molecule has 0 amide bonds. The first kappa shape index (κ1) is 13.0. The molecular formula is C13H14O4. The molecule has 0 atom stereocenters. The van der Waals surface area contributed by atoms with Gasteiger partial charge in [0.1, 0.15) is 0 Å². The molecule has 4 nitrogen and oxygen atoms in total. The molecule has 0 radical (unpaired) electrons. The Balaban J connectivity index is 3.27. The van der Waals surface area contributed by atoms with Crippen molar-refractivity contribution in [1.29, 1.82) is 0 Å². The van der Waals surface area contributed by atoms with E-state index in [0.717, 1.165) is 12.5 Å². The maximum atomic E-state index is 11.0. The van der Waals surface area contributed by atoms with E-state index < -0.39 is 11.9 Å². The summed E-state index contributed by atoms with van der Waals surface area (Å²) in [4.78, 5) is 21.8. The van der Waals surface area contributed by atoms with Crippen molar-refractivity contribution < 1.29 is 19.8 Å². The van der Waals surface area contributed by atoms with Crippen LogP contribution in [0.5, 0.6) is 0 Å². The van der Waals surface area contributed by atoms with E-state index in [1.54, 1.807) is 18.2 Å². The molecule has 0 aliphatic heterocycles. The van der Waals surface area contributed by atoms with Gasteiger partial charge in [0.05, 0.1) is 5.56 Å². The third kappa shape index (κ3) is 3.45. The monoisotopic (exact) mass is 234 g/mol. The Morgan fingerprint density at radius 3 is 2.24 bits per heavy atom. The van der Waals surface area contributed by atoms with Crippen molar-refractivity contribution >= 4 is 17.5 Å². The predicted molar refractivity (Wildman–Crippen MR) is 63.9 cm³/mol. The van der Waals surface area contributed by atoms with Crippen molar-refractivity contribution in [1.82, 2.24) is 0 Å². The van der Waals surface area contributed by atoms with Gasteiger partial charge < -0.3 is 10.2 Å². The van der Waals surface area contributed by atoms with Crippen LogP contribution in [0.1, 0.15) is 35.7 Å². The first-order chi connectivity index (χ1) is 8.06. The number of benzene rings is 1. The Kier molecular flexibility index (Phi) is 4.46. The van der Waals surface area contributed by atoms with Crippen molar-refractivity contribution in [3.8, 4) is 0 Å². The van der Waals surface area contributed by atoms with Gasteiger partial charge in [-0.1, -0.05) is 31.5 Å². The minimum absolute atomic E-state index is 0.133. The van der Waals surface area contributed by atoms with E-state index in [0.29, 0.717) is 17.6 Å². The third-order valence-electron chi connectivity index (χ3n) is 2.32. The van der Waals surface area contributed by atoms with Crippen molar-refractivity contribution in [2.24, 2.45) is 0 Å². The Morgan fingerprint density at radius 2 is 1.76 bits per heavy atom. The molecule has 0 heterocycles. The molecule has 1 aromatic rings. The minimum atomic E-state index is -1.06. The summed E-state index contributed by atoms with van der Waals surface area (Å²) in [5, 5.41) is 17.8. The van der Waals surface area contributed by atoms with Gasteiger partial charge in [-0.3, -0.25) is 0 Å². The fourth-order valence-electron chi connectivity index (χ4n) is 1.65. The fourth-order valence-corrected chi connectivity index (χ4v) is 1.65. The lowest BCUT2D eigenvalue weighted by atomic mass is 9.96. The lowest BCUT2D eigenvalue weighted by Gasteiger charge is -2.09. The fraction of sp³-hybridized carbons (Fsp3) is 0.231. The lowest BCUT2D eigenvalue weighted by molar-refractivity contribution is -0.131. The van der Waals surface area contributed by atoms with Crippen LogP contribution in [0.3, 0.4) is 0 Å². The molecule has 4 heteroatoms. The molecule has 0 saturated carbocycles. The van der Waals surface area contributed by atoms with Gasteiger partial charge in [0.15, 0.2) is 0 Å². The molecule has 17 heavy (non-hydrogen) atoms. The number of allylic oxidation sites excluding steroid dienone is 1. The number of carboxylic acid groups (broad SMARTS) is 2. The second-order valence-electron chi connectivity index (χ2n) is 3.61. The van der Waals surface area contributed by atoms with Crippen LogP contribution in [0.15, 0.2) is 30.3 Å². The van der Waals surface area contributed by atoms with Crippen LogP contribution in [0.25, 0.3) is 5.57 Å². The van der Waals surface area contributed by atoms with Crippen LogP contribution in [0, 0.1) is 0 Å². The smallest absolute Gasteiger partial charge is 0.336 e. The van der Waals surface area contributed by atoms with Crippen molar-refractivity contribution in [3.63, 3.8) is 0 Å². The van der Waals surface area contributed by atoms with Crippen LogP contribution in [-0.2, 0) is 4.79 Å². The summed E-state index contributed by atoms with van der Waals surface area (Å²) in [6.45, 7) is 1.92. The molecular weight excluding hydrogens is 220 g/mol. The first-order valence-corrected chi connectivity index (χ1v) is 5.32. The van der Waals surface area contributed by atoms with Crippen LogP contribution in [0.2, 0.25) is 0 Å². The lowest BCUT2D eigenvalue weighted by Crippen LogP contribution is -2.03.